The van der Waals surface area contributed by atoms with Crippen molar-refractivity contribution >= 4 is 23.7 Å². The summed E-state index contributed by atoms with van der Waals surface area (Å²) in [6.45, 7) is 0. The molecule has 2 saturated heterocycles. The number of methoxy groups -OCH3 is 1. The number of ether oxygens (including phenoxy) is 1. The van der Waals surface area contributed by atoms with Gasteiger partial charge in [0.05, 0.1) is 23.8 Å². The van der Waals surface area contributed by atoms with Gasteiger partial charge < -0.3 is 9.64 Å². The molecule has 3 amide bonds. The number of rotatable bonds is 4. The van der Waals surface area contributed by atoms with Crippen LogP contribution in [0.2, 0.25) is 0 Å². The number of carbonyl (C=O) groups excluding carboxylic acids is 4. The van der Waals surface area contributed by atoms with Gasteiger partial charge in [-0.25, -0.2) is 18.0 Å². The third-order valence-corrected chi connectivity index (χ3v) is 7.24. The van der Waals surface area contributed by atoms with E-state index >= 15 is 0 Å². The van der Waals surface area contributed by atoms with Gasteiger partial charge in [-0.05, 0) is 49.8 Å². The molecule has 3 heterocycles. The van der Waals surface area contributed by atoms with Gasteiger partial charge in [-0.15, -0.1) is 0 Å². The van der Waals surface area contributed by atoms with Crippen LogP contribution in [0.15, 0.2) is 36.4 Å². The van der Waals surface area contributed by atoms with Gasteiger partial charge in [0.15, 0.2) is 11.6 Å². The number of nitrogens with zero attached hydrogens (tertiary/aromatic N) is 2. The molecule has 2 unspecified atom stereocenters. The van der Waals surface area contributed by atoms with Crippen LogP contribution in [0, 0.1) is 23.4 Å². The Labute approximate surface area is 198 Å². The first-order valence-corrected chi connectivity index (χ1v) is 11.2. The molecule has 182 valence electrons. The maximum absolute atomic E-state index is 14.3. The largest absolute Gasteiger partial charge is 0.467 e. The Bertz CT molecular complexity index is 1220. The number of hydrogen-bond donors (Lipinski definition) is 0. The highest BCUT2D eigenvalue weighted by molar-refractivity contribution is 6.22. The van der Waals surface area contributed by atoms with Gasteiger partial charge in [-0.2, -0.15) is 0 Å². The lowest BCUT2D eigenvalue weighted by Gasteiger charge is -2.42. The number of amides is 3. The Kier molecular flexibility index (Phi) is 5.61. The summed E-state index contributed by atoms with van der Waals surface area (Å²) in [6.07, 6.45) is 1.60. The average molecular weight is 486 g/mol. The maximum Gasteiger partial charge on any atom is 0.329 e. The molecule has 2 aromatic rings. The van der Waals surface area contributed by atoms with Crippen molar-refractivity contribution in [1.82, 2.24) is 9.80 Å². The number of piperidine rings is 1. The van der Waals surface area contributed by atoms with E-state index in [0.29, 0.717) is 25.0 Å². The number of hydrogen-bond acceptors (Lipinski definition) is 5. The Morgan fingerprint density at radius 3 is 2.00 bits per heavy atom. The Morgan fingerprint density at radius 2 is 1.46 bits per heavy atom. The molecule has 7 nitrogen and oxygen atoms in total. The van der Waals surface area contributed by atoms with Crippen molar-refractivity contribution in [3.63, 3.8) is 0 Å². The summed E-state index contributed by atoms with van der Waals surface area (Å²) in [6, 6.07) is 5.14. The molecule has 3 aliphatic heterocycles. The van der Waals surface area contributed by atoms with Crippen LogP contribution in [0.3, 0.4) is 0 Å². The van der Waals surface area contributed by atoms with Crippen molar-refractivity contribution in [1.29, 1.82) is 0 Å². The fourth-order valence-electron chi connectivity index (χ4n) is 5.72. The minimum absolute atomic E-state index is 0.204. The summed E-state index contributed by atoms with van der Waals surface area (Å²) < 4.78 is 46.3. The van der Waals surface area contributed by atoms with Gasteiger partial charge in [-0.3, -0.25) is 19.3 Å². The smallest absolute Gasteiger partial charge is 0.329 e. The first-order chi connectivity index (χ1) is 16.7. The lowest BCUT2D eigenvalue weighted by Crippen LogP contribution is -2.55. The number of fused-ring (bicyclic) bond motifs is 3. The first-order valence-electron chi connectivity index (χ1n) is 11.2. The van der Waals surface area contributed by atoms with E-state index in [0.717, 1.165) is 4.90 Å². The highest BCUT2D eigenvalue weighted by Gasteiger charge is 2.52. The lowest BCUT2D eigenvalue weighted by molar-refractivity contribution is -0.148. The van der Waals surface area contributed by atoms with Crippen LogP contribution in [-0.4, -0.2) is 58.7 Å². The summed E-state index contributed by atoms with van der Waals surface area (Å²) in [5.74, 6) is -7.05. The summed E-state index contributed by atoms with van der Waals surface area (Å²) in [7, 11) is 1.17. The standard InChI is InChI=1S/C25H21F3N2O5/c1-35-25(34)21(30-22(31)15-4-2-3-5-16(15)23(30)32)12-8-13-6-7-14(9-12)29(13)24(33)17-10-19(27)20(28)11-18(17)26/h2-5,10-14,21H,6-9H2,1H3/t12?,13?,14?,21-/m0/s1. The molecule has 35 heavy (non-hydrogen) atoms. The monoisotopic (exact) mass is 486 g/mol. The minimum Gasteiger partial charge on any atom is -0.467 e. The molecule has 0 spiro atoms. The molecular formula is C25H21F3N2O5. The minimum atomic E-state index is -1.39. The lowest BCUT2D eigenvalue weighted by atomic mass is 9.83. The van der Waals surface area contributed by atoms with Crippen LogP contribution >= 0.6 is 0 Å². The fourth-order valence-corrected chi connectivity index (χ4v) is 5.72. The highest BCUT2D eigenvalue weighted by Crippen LogP contribution is 2.43. The predicted molar refractivity (Wildman–Crippen MR) is 115 cm³/mol. The molecule has 0 aromatic heterocycles. The van der Waals surface area contributed by atoms with Gasteiger partial charge in [0, 0.05) is 18.2 Å². The van der Waals surface area contributed by atoms with Crippen molar-refractivity contribution in [3.05, 3.63) is 70.5 Å². The number of esters is 1. The van der Waals surface area contributed by atoms with E-state index in [2.05, 4.69) is 0 Å². The first kappa shape index (κ1) is 23.1. The van der Waals surface area contributed by atoms with Crippen molar-refractivity contribution < 1.29 is 37.1 Å². The predicted octanol–water partition coefficient (Wildman–Crippen LogP) is 3.32. The zero-order valence-corrected chi connectivity index (χ0v) is 18.7. The van der Waals surface area contributed by atoms with E-state index in [9.17, 15) is 32.3 Å². The number of halogens is 3. The number of benzene rings is 2. The molecule has 2 bridgehead atoms. The van der Waals surface area contributed by atoms with Gasteiger partial charge in [-0.1, -0.05) is 12.1 Å². The SMILES string of the molecule is COC(=O)[C@H](C1CC2CCC(C1)N2C(=O)c1cc(F)c(F)cc1F)N1C(=O)c2ccccc2C1=O. The molecule has 3 atom stereocenters. The number of imide groups is 1. The molecule has 2 fully saturated rings. The topological polar surface area (TPSA) is 84.0 Å². The van der Waals surface area contributed by atoms with E-state index in [1.165, 1.54) is 24.1 Å². The number of carbonyl (C=O) groups is 4. The van der Waals surface area contributed by atoms with Crippen LogP contribution in [-0.2, 0) is 9.53 Å². The second kappa shape index (κ2) is 8.51. The molecule has 0 radical (unpaired) electrons. The molecule has 3 aliphatic rings. The molecule has 5 rings (SSSR count). The van der Waals surface area contributed by atoms with Gasteiger partial charge in [0.1, 0.15) is 11.9 Å². The van der Waals surface area contributed by atoms with Crippen molar-refractivity contribution in [2.24, 2.45) is 5.92 Å². The Hall–Kier alpha value is -3.69. The summed E-state index contributed by atoms with van der Waals surface area (Å²) in [5, 5.41) is 0. The van der Waals surface area contributed by atoms with Crippen LogP contribution in [0.5, 0.6) is 0 Å². The van der Waals surface area contributed by atoms with Crippen molar-refractivity contribution in [2.45, 2.75) is 43.8 Å². The second-order valence-corrected chi connectivity index (χ2v) is 9.07. The molecule has 0 N–H and O–H groups in total. The molecule has 2 aromatic carbocycles. The Balaban J connectivity index is 1.43. The van der Waals surface area contributed by atoms with Crippen LogP contribution in [0.1, 0.15) is 56.8 Å². The van der Waals surface area contributed by atoms with Crippen LogP contribution in [0.25, 0.3) is 0 Å². The molecule has 0 aliphatic carbocycles. The van der Waals surface area contributed by atoms with E-state index in [4.69, 9.17) is 4.74 Å². The third kappa shape index (κ3) is 3.59. The summed E-state index contributed by atoms with van der Waals surface area (Å²) >= 11 is 0. The zero-order valence-electron chi connectivity index (χ0n) is 18.7. The van der Waals surface area contributed by atoms with Gasteiger partial charge >= 0.3 is 5.97 Å². The van der Waals surface area contributed by atoms with Gasteiger partial charge in [0.25, 0.3) is 17.7 Å². The summed E-state index contributed by atoms with van der Waals surface area (Å²) in [4.78, 5) is 54.5. The maximum atomic E-state index is 14.3. The normalized spacial score (nSPS) is 23.9. The van der Waals surface area contributed by atoms with E-state index in [1.807, 2.05) is 0 Å². The van der Waals surface area contributed by atoms with Gasteiger partial charge in [0.2, 0.25) is 0 Å². The van der Waals surface area contributed by atoms with Crippen molar-refractivity contribution in [3.8, 4) is 0 Å². The molecule has 0 saturated carbocycles. The van der Waals surface area contributed by atoms with Crippen LogP contribution in [0.4, 0.5) is 13.2 Å². The second-order valence-electron chi connectivity index (χ2n) is 9.07. The molecule has 10 heteroatoms. The zero-order chi connectivity index (χ0) is 25.0. The van der Waals surface area contributed by atoms with Crippen molar-refractivity contribution in [2.75, 3.05) is 7.11 Å². The highest BCUT2D eigenvalue weighted by atomic mass is 19.2. The van der Waals surface area contributed by atoms with E-state index in [1.54, 1.807) is 12.1 Å². The van der Waals surface area contributed by atoms with E-state index in [-0.39, 0.29) is 24.0 Å². The molecular weight excluding hydrogens is 465 g/mol. The van der Waals surface area contributed by atoms with E-state index < -0.39 is 70.7 Å². The quantitative estimate of drug-likeness (QED) is 0.376. The average Bonchev–Trinajstić information content (AvgIpc) is 3.25. The third-order valence-electron chi connectivity index (χ3n) is 7.24. The van der Waals surface area contributed by atoms with Crippen LogP contribution < -0.4 is 0 Å². The fraction of sp³-hybridized carbons (Fsp3) is 0.360. The Morgan fingerprint density at radius 1 is 0.914 bits per heavy atom. The summed E-state index contributed by atoms with van der Waals surface area (Å²) in [5.41, 5.74) is -0.157.